The van der Waals surface area contributed by atoms with E-state index in [0.29, 0.717) is 11.1 Å². The summed E-state index contributed by atoms with van der Waals surface area (Å²) >= 11 is 0. The van der Waals surface area contributed by atoms with Crippen molar-refractivity contribution in [2.24, 2.45) is 0 Å². The van der Waals surface area contributed by atoms with E-state index in [9.17, 15) is 33.0 Å². The summed E-state index contributed by atoms with van der Waals surface area (Å²) in [5.74, 6) is -1.05. The zero-order valence-electron chi connectivity index (χ0n) is 19.5. The van der Waals surface area contributed by atoms with Gasteiger partial charge in [-0.05, 0) is 35.4 Å². The fourth-order valence-electron chi connectivity index (χ4n) is 3.80. The molecule has 8 nitrogen and oxygen atoms in total. The molecule has 1 heterocycles. The molecule has 3 aromatic carbocycles. The van der Waals surface area contributed by atoms with E-state index in [1.807, 2.05) is 0 Å². The molecule has 0 fully saturated rings. The summed E-state index contributed by atoms with van der Waals surface area (Å²) in [6.07, 6.45) is -5.25. The number of amides is 1. The topological polar surface area (TPSA) is 114 Å². The molecule has 4 rings (SSSR count). The number of fused-ring (bicyclic) bond motifs is 1. The normalized spacial score (nSPS) is 14.9. The van der Waals surface area contributed by atoms with Crippen LogP contribution in [0.3, 0.4) is 0 Å². The Balaban J connectivity index is 1.39. The van der Waals surface area contributed by atoms with Crippen molar-refractivity contribution in [2.75, 3.05) is 13.7 Å². The Labute approximate surface area is 209 Å². The number of halogens is 3. The van der Waals surface area contributed by atoms with E-state index >= 15 is 0 Å². The van der Waals surface area contributed by atoms with E-state index in [-0.39, 0.29) is 53.1 Å². The largest absolute Gasteiger partial charge is 0.507 e. The average Bonchev–Trinajstić information content (AvgIpc) is 2.85. The van der Waals surface area contributed by atoms with Crippen LogP contribution < -0.4 is 19.5 Å². The first-order valence-electron chi connectivity index (χ1n) is 11.0. The van der Waals surface area contributed by atoms with Gasteiger partial charge in [0.15, 0.2) is 23.9 Å². The minimum atomic E-state index is -4.44. The number of nitrogens with one attached hydrogen (secondary N) is 1. The molecular weight excluding hydrogens is 495 g/mol. The van der Waals surface area contributed by atoms with Crippen molar-refractivity contribution in [3.63, 3.8) is 0 Å². The van der Waals surface area contributed by atoms with Gasteiger partial charge in [0, 0.05) is 18.7 Å². The Bertz CT molecular complexity index is 1320. The molecule has 194 valence electrons. The smallest absolute Gasteiger partial charge is 0.416 e. The molecule has 1 unspecified atom stereocenters. The molecule has 1 aliphatic rings. The first-order valence-corrected chi connectivity index (χ1v) is 11.0. The number of ether oxygens (including phenoxy) is 3. The minimum Gasteiger partial charge on any atom is -0.507 e. The number of methoxy groups -OCH3 is 1. The number of alkyl halides is 3. The highest BCUT2D eigenvalue weighted by Crippen LogP contribution is 2.43. The molecule has 1 amide bonds. The van der Waals surface area contributed by atoms with Crippen LogP contribution >= 0.6 is 0 Å². The van der Waals surface area contributed by atoms with E-state index in [4.69, 9.17) is 14.2 Å². The second-order valence-electron chi connectivity index (χ2n) is 8.24. The quantitative estimate of drug-likeness (QED) is 0.422. The third-order valence-corrected chi connectivity index (χ3v) is 5.69. The van der Waals surface area contributed by atoms with Crippen LogP contribution in [-0.4, -0.2) is 35.6 Å². The minimum absolute atomic E-state index is 0.0102. The summed E-state index contributed by atoms with van der Waals surface area (Å²) in [5.41, 5.74) is 0.180. The first kappa shape index (κ1) is 25.7. The third kappa shape index (κ3) is 5.88. The second kappa shape index (κ2) is 10.3. The van der Waals surface area contributed by atoms with Crippen molar-refractivity contribution in [2.45, 2.75) is 25.2 Å². The van der Waals surface area contributed by atoms with Crippen LogP contribution in [0.15, 0.2) is 54.6 Å². The number of phenolic OH excluding ortho intramolecular Hbond substituents is 2. The Hall–Kier alpha value is -4.41. The van der Waals surface area contributed by atoms with Crippen LogP contribution in [0.5, 0.6) is 28.7 Å². The van der Waals surface area contributed by atoms with Crippen molar-refractivity contribution in [1.29, 1.82) is 0 Å². The summed E-state index contributed by atoms with van der Waals surface area (Å²) in [7, 11) is 1.41. The van der Waals surface area contributed by atoms with Crippen LogP contribution in [0, 0.1) is 0 Å². The Kier molecular flexibility index (Phi) is 7.14. The number of carbonyl (C=O) groups is 2. The Morgan fingerprint density at radius 1 is 1.08 bits per heavy atom. The lowest BCUT2D eigenvalue weighted by atomic mass is 9.95. The van der Waals surface area contributed by atoms with E-state index < -0.39 is 30.4 Å². The molecule has 0 spiro atoms. The van der Waals surface area contributed by atoms with E-state index in [0.717, 1.165) is 12.1 Å². The predicted octanol–water partition coefficient (Wildman–Crippen LogP) is 4.53. The summed E-state index contributed by atoms with van der Waals surface area (Å²) in [6, 6.07) is 11.5. The number of ketones is 1. The molecule has 1 atom stereocenters. The van der Waals surface area contributed by atoms with Gasteiger partial charge in [0.25, 0.3) is 5.91 Å². The Morgan fingerprint density at radius 3 is 2.46 bits per heavy atom. The highest BCUT2D eigenvalue weighted by atomic mass is 19.4. The highest BCUT2D eigenvalue weighted by molar-refractivity contribution is 6.02. The molecule has 0 aromatic heterocycles. The monoisotopic (exact) mass is 517 g/mol. The molecule has 3 aromatic rings. The van der Waals surface area contributed by atoms with E-state index in [1.54, 1.807) is 6.07 Å². The number of phenols is 2. The van der Waals surface area contributed by atoms with Crippen LogP contribution in [0.2, 0.25) is 0 Å². The molecular formula is C26H22F3NO7. The maximum Gasteiger partial charge on any atom is 0.416 e. The number of rotatable bonds is 7. The average molecular weight is 517 g/mol. The summed E-state index contributed by atoms with van der Waals surface area (Å²) in [6.45, 7) is -0.466. The van der Waals surface area contributed by atoms with Crippen LogP contribution in [0.4, 0.5) is 13.2 Å². The number of hydrogen-bond donors (Lipinski definition) is 3. The zero-order valence-corrected chi connectivity index (χ0v) is 19.5. The fraction of sp³-hybridized carbons (Fsp3) is 0.231. The number of Topliss-reactive ketones (excluding diaryl/α,β-unsaturated/α-hetero) is 1. The zero-order chi connectivity index (χ0) is 26.7. The molecule has 11 heteroatoms. The van der Waals surface area contributed by atoms with Gasteiger partial charge in [0.2, 0.25) is 0 Å². The summed E-state index contributed by atoms with van der Waals surface area (Å²) in [5, 5.41) is 22.9. The lowest BCUT2D eigenvalue weighted by molar-refractivity contribution is -0.137. The van der Waals surface area contributed by atoms with Crippen LogP contribution in [0.1, 0.15) is 39.6 Å². The van der Waals surface area contributed by atoms with Gasteiger partial charge < -0.3 is 29.7 Å². The standard InChI is InChI=1S/C26H22F3NO7/c1-35-21-7-4-15(8-18(21)31)22-11-20(33)25-19(32)9-17(10-23(25)37-22)36-13-24(34)30-12-14-2-5-16(6-3-14)26(27,28)29/h2-10,22,31-32H,11-13H2,1H3,(H,30,34). The van der Waals surface area contributed by atoms with Gasteiger partial charge in [-0.25, -0.2) is 0 Å². The molecule has 3 N–H and O–H groups in total. The van der Waals surface area contributed by atoms with Gasteiger partial charge in [-0.15, -0.1) is 0 Å². The van der Waals surface area contributed by atoms with Crippen molar-refractivity contribution in [3.8, 4) is 28.7 Å². The number of benzene rings is 3. The lowest BCUT2D eigenvalue weighted by Crippen LogP contribution is -2.28. The SMILES string of the molecule is COc1ccc(C2CC(=O)c3c(O)cc(OCC(=O)NCc4ccc(C(F)(F)F)cc4)cc3O2)cc1O. The summed E-state index contributed by atoms with van der Waals surface area (Å²) in [4.78, 5) is 24.8. The summed E-state index contributed by atoms with van der Waals surface area (Å²) < 4.78 is 54.3. The number of aromatic hydroxyl groups is 2. The first-order chi connectivity index (χ1) is 17.5. The van der Waals surface area contributed by atoms with Gasteiger partial charge in [0.05, 0.1) is 19.1 Å². The maximum absolute atomic E-state index is 12.7. The van der Waals surface area contributed by atoms with Crippen LogP contribution in [0.25, 0.3) is 0 Å². The second-order valence-corrected chi connectivity index (χ2v) is 8.24. The highest BCUT2D eigenvalue weighted by Gasteiger charge is 2.32. The van der Waals surface area contributed by atoms with Crippen LogP contribution in [-0.2, 0) is 17.5 Å². The third-order valence-electron chi connectivity index (χ3n) is 5.69. The van der Waals surface area contributed by atoms with Gasteiger partial charge in [-0.3, -0.25) is 9.59 Å². The van der Waals surface area contributed by atoms with Gasteiger partial charge >= 0.3 is 6.18 Å². The van der Waals surface area contributed by atoms with Gasteiger partial charge in [-0.1, -0.05) is 18.2 Å². The van der Waals surface area contributed by atoms with E-state index in [2.05, 4.69) is 5.32 Å². The molecule has 0 aliphatic carbocycles. The fourth-order valence-corrected chi connectivity index (χ4v) is 3.80. The lowest BCUT2D eigenvalue weighted by Gasteiger charge is -2.26. The maximum atomic E-state index is 12.7. The van der Waals surface area contributed by atoms with Crippen molar-refractivity contribution < 1.29 is 47.2 Å². The van der Waals surface area contributed by atoms with Gasteiger partial charge in [-0.2, -0.15) is 13.2 Å². The van der Waals surface area contributed by atoms with Crippen molar-refractivity contribution in [1.82, 2.24) is 5.32 Å². The molecule has 0 saturated carbocycles. The number of hydrogen-bond acceptors (Lipinski definition) is 7. The molecule has 0 bridgehead atoms. The molecule has 0 saturated heterocycles. The van der Waals surface area contributed by atoms with Gasteiger partial charge in [0.1, 0.15) is 28.9 Å². The Morgan fingerprint density at radius 2 is 1.81 bits per heavy atom. The molecule has 37 heavy (non-hydrogen) atoms. The molecule has 1 aliphatic heterocycles. The predicted molar refractivity (Wildman–Crippen MR) is 124 cm³/mol. The van der Waals surface area contributed by atoms with E-state index in [1.165, 1.54) is 43.5 Å². The molecule has 0 radical (unpaired) electrons. The van der Waals surface area contributed by atoms with Crippen molar-refractivity contribution in [3.05, 3.63) is 76.9 Å². The van der Waals surface area contributed by atoms with Crippen molar-refractivity contribution >= 4 is 11.7 Å². The number of carbonyl (C=O) groups excluding carboxylic acids is 2.